The Morgan fingerprint density at radius 1 is 1.37 bits per heavy atom. The first kappa shape index (κ1) is 14.8. The number of rotatable bonds is 5. The summed E-state index contributed by atoms with van der Waals surface area (Å²) in [5.74, 6) is 0. The van der Waals surface area contributed by atoms with E-state index in [9.17, 15) is 0 Å². The van der Waals surface area contributed by atoms with Crippen molar-refractivity contribution in [3.05, 3.63) is 34.9 Å². The number of likely N-dealkylation sites (N-methyl/N-ethyl adjacent to an activating group) is 1. The van der Waals surface area contributed by atoms with Crippen LogP contribution in [-0.4, -0.2) is 44.3 Å². The van der Waals surface area contributed by atoms with Gasteiger partial charge in [-0.25, -0.2) is 0 Å². The molecule has 1 aromatic carbocycles. The highest BCUT2D eigenvalue weighted by molar-refractivity contribution is 6.30. The van der Waals surface area contributed by atoms with E-state index in [-0.39, 0.29) is 6.10 Å². The van der Waals surface area contributed by atoms with Crippen molar-refractivity contribution in [1.29, 1.82) is 0 Å². The lowest BCUT2D eigenvalue weighted by Gasteiger charge is -2.39. The van der Waals surface area contributed by atoms with E-state index in [0.717, 1.165) is 37.7 Å². The summed E-state index contributed by atoms with van der Waals surface area (Å²) in [4.78, 5) is 2.37. The number of nitrogens with one attached hydrogen (secondary N) is 1. The minimum absolute atomic E-state index is 0.200. The molecule has 1 N–H and O–H groups in total. The van der Waals surface area contributed by atoms with Crippen LogP contribution in [0, 0.1) is 0 Å². The highest BCUT2D eigenvalue weighted by atomic mass is 35.5. The second-order valence-corrected chi connectivity index (χ2v) is 5.53. The van der Waals surface area contributed by atoms with Crippen LogP contribution in [0.5, 0.6) is 0 Å². The Labute approximate surface area is 120 Å². The fraction of sp³-hybridized carbons (Fsp3) is 0.600. The topological polar surface area (TPSA) is 24.5 Å². The van der Waals surface area contributed by atoms with Gasteiger partial charge in [0, 0.05) is 18.1 Å². The van der Waals surface area contributed by atoms with Crippen LogP contribution in [0.15, 0.2) is 24.3 Å². The minimum atomic E-state index is 0.200. The Hall–Kier alpha value is -0.610. The highest BCUT2D eigenvalue weighted by Crippen LogP contribution is 2.28. The van der Waals surface area contributed by atoms with E-state index >= 15 is 0 Å². The average Bonchev–Trinajstić information content (AvgIpc) is 2.41. The number of morpholine rings is 1. The molecule has 1 aliphatic heterocycles. The van der Waals surface area contributed by atoms with Crippen LogP contribution >= 0.6 is 11.6 Å². The zero-order valence-corrected chi connectivity index (χ0v) is 12.5. The Morgan fingerprint density at radius 3 is 2.79 bits per heavy atom. The monoisotopic (exact) mass is 282 g/mol. The zero-order valence-electron chi connectivity index (χ0n) is 11.7. The summed E-state index contributed by atoms with van der Waals surface area (Å²) >= 11 is 5.97. The molecule has 2 rings (SSSR count). The van der Waals surface area contributed by atoms with Crippen LogP contribution in [0.2, 0.25) is 5.02 Å². The lowest BCUT2D eigenvalue weighted by Crippen LogP contribution is -2.47. The smallest absolute Gasteiger partial charge is 0.0896 e. The van der Waals surface area contributed by atoms with Crippen molar-refractivity contribution in [2.24, 2.45) is 0 Å². The third-order valence-electron chi connectivity index (χ3n) is 3.59. The summed E-state index contributed by atoms with van der Waals surface area (Å²) in [6.07, 6.45) is 1.35. The molecular weight excluding hydrogens is 260 g/mol. The normalized spacial score (nSPS) is 24.6. The second kappa shape index (κ2) is 7.25. The summed E-state index contributed by atoms with van der Waals surface area (Å²) < 4.78 is 5.96. The number of hydrogen-bond donors (Lipinski definition) is 1. The van der Waals surface area contributed by atoms with Gasteiger partial charge in [-0.1, -0.05) is 30.7 Å². The highest BCUT2D eigenvalue weighted by Gasteiger charge is 2.30. The van der Waals surface area contributed by atoms with Gasteiger partial charge < -0.3 is 10.1 Å². The molecule has 0 radical (unpaired) electrons. The van der Waals surface area contributed by atoms with Crippen LogP contribution in [0.4, 0.5) is 0 Å². The molecule has 0 aliphatic carbocycles. The third-order valence-corrected chi connectivity index (χ3v) is 3.84. The first-order valence-corrected chi connectivity index (χ1v) is 7.38. The van der Waals surface area contributed by atoms with Crippen LogP contribution in [0.1, 0.15) is 24.9 Å². The Bertz CT molecular complexity index is 382. The van der Waals surface area contributed by atoms with E-state index in [1.54, 1.807) is 0 Å². The molecule has 1 aromatic rings. The van der Waals surface area contributed by atoms with Gasteiger partial charge in [0.2, 0.25) is 0 Å². The van der Waals surface area contributed by atoms with Gasteiger partial charge in [0.05, 0.1) is 18.8 Å². The molecule has 1 fully saturated rings. The molecule has 0 aromatic heterocycles. The molecule has 106 valence electrons. The summed E-state index contributed by atoms with van der Waals surface area (Å²) in [6.45, 7) is 5.89. The van der Waals surface area contributed by atoms with Crippen molar-refractivity contribution in [2.75, 3.05) is 33.3 Å². The predicted molar refractivity (Wildman–Crippen MR) is 79.7 cm³/mol. The number of halogens is 1. The van der Waals surface area contributed by atoms with Crippen molar-refractivity contribution in [2.45, 2.75) is 25.5 Å². The number of nitrogens with zero attached hydrogens (tertiary/aromatic N) is 1. The summed E-state index contributed by atoms with van der Waals surface area (Å²) in [5.41, 5.74) is 1.27. The van der Waals surface area contributed by atoms with Gasteiger partial charge in [0.1, 0.15) is 0 Å². The largest absolute Gasteiger partial charge is 0.374 e. The van der Waals surface area contributed by atoms with E-state index in [0.29, 0.717) is 6.04 Å². The lowest BCUT2D eigenvalue weighted by atomic mass is 9.98. The van der Waals surface area contributed by atoms with Crippen LogP contribution in [-0.2, 0) is 4.74 Å². The van der Waals surface area contributed by atoms with Crippen LogP contribution in [0.3, 0.4) is 0 Å². The fourth-order valence-electron chi connectivity index (χ4n) is 2.58. The molecule has 1 aliphatic rings. The van der Waals surface area contributed by atoms with E-state index in [4.69, 9.17) is 16.3 Å². The van der Waals surface area contributed by atoms with Crippen molar-refractivity contribution < 1.29 is 4.74 Å². The molecule has 3 nitrogen and oxygen atoms in total. The van der Waals surface area contributed by atoms with Crippen molar-refractivity contribution in [3.63, 3.8) is 0 Å². The first-order valence-electron chi connectivity index (χ1n) is 7.00. The van der Waals surface area contributed by atoms with Gasteiger partial charge in [-0.2, -0.15) is 0 Å². The number of benzene rings is 1. The van der Waals surface area contributed by atoms with Gasteiger partial charge in [-0.15, -0.1) is 0 Å². The van der Waals surface area contributed by atoms with Crippen molar-refractivity contribution in [3.8, 4) is 0 Å². The molecule has 2 unspecified atom stereocenters. The predicted octanol–water partition coefficient (Wildman–Crippen LogP) is 2.71. The molecule has 0 amide bonds. The SMILES string of the molecule is CCCNCC1OCCN(C)C1c1ccc(Cl)cc1. The first-order chi connectivity index (χ1) is 9.22. The van der Waals surface area contributed by atoms with Gasteiger partial charge in [0.25, 0.3) is 0 Å². The van der Waals surface area contributed by atoms with E-state index in [2.05, 4.69) is 36.3 Å². The average molecular weight is 283 g/mol. The van der Waals surface area contributed by atoms with Crippen molar-refractivity contribution >= 4 is 11.6 Å². The molecule has 1 saturated heterocycles. The quantitative estimate of drug-likeness (QED) is 0.841. The Balaban J connectivity index is 2.09. The molecule has 0 saturated carbocycles. The van der Waals surface area contributed by atoms with Gasteiger partial charge in [-0.3, -0.25) is 4.90 Å². The van der Waals surface area contributed by atoms with Gasteiger partial charge in [-0.05, 0) is 37.7 Å². The van der Waals surface area contributed by atoms with E-state index in [1.807, 2.05) is 12.1 Å². The number of hydrogen-bond acceptors (Lipinski definition) is 3. The summed E-state index contributed by atoms with van der Waals surface area (Å²) in [5, 5.41) is 4.24. The molecule has 1 heterocycles. The van der Waals surface area contributed by atoms with E-state index < -0.39 is 0 Å². The maximum absolute atomic E-state index is 5.97. The zero-order chi connectivity index (χ0) is 13.7. The van der Waals surface area contributed by atoms with Crippen LogP contribution in [0.25, 0.3) is 0 Å². The van der Waals surface area contributed by atoms with E-state index in [1.165, 1.54) is 5.56 Å². The number of ether oxygens (including phenoxy) is 1. The summed E-state index contributed by atoms with van der Waals surface area (Å²) in [6, 6.07) is 8.41. The third kappa shape index (κ3) is 3.93. The molecule has 0 spiro atoms. The van der Waals surface area contributed by atoms with Gasteiger partial charge >= 0.3 is 0 Å². The maximum Gasteiger partial charge on any atom is 0.0896 e. The fourth-order valence-corrected chi connectivity index (χ4v) is 2.71. The molecule has 19 heavy (non-hydrogen) atoms. The molecule has 2 atom stereocenters. The standard InChI is InChI=1S/C15H23ClN2O/c1-3-8-17-11-14-15(18(2)9-10-19-14)12-4-6-13(16)7-5-12/h4-7,14-15,17H,3,8-11H2,1-2H3. The molecule has 4 heteroatoms. The maximum atomic E-state index is 5.97. The van der Waals surface area contributed by atoms with Crippen molar-refractivity contribution in [1.82, 2.24) is 10.2 Å². The second-order valence-electron chi connectivity index (χ2n) is 5.09. The lowest BCUT2D eigenvalue weighted by molar-refractivity contribution is -0.0612. The molecular formula is C15H23ClN2O. The van der Waals surface area contributed by atoms with Gasteiger partial charge in [0.15, 0.2) is 0 Å². The minimum Gasteiger partial charge on any atom is -0.374 e. The Kier molecular flexibility index (Phi) is 5.64. The summed E-state index contributed by atoms with van der Waals surface area (Å²) in [7, 11) is 2.16. The van der Waals surface area contributed by atoms with Crippen LogP contribution < -0.4 is 5.32 Å². The molecule has 0 bridgehead atoms. The Morgan fingerprint density at radius 2 is 2.11 bits per heavy atom.